The molecule has 0 saturated carbocycles. The molecule has 0 amide bonds. The molecule has 0 aliphatic heterocycles. The van der Waals surface area contributed by atoms with Crippen molar-refractivity contribution in [1.82, 2.24) is 5.32 Å². The second-order valence-electron chi connectivity index (χ2n) is 5.63. The molecule has 0 spiro atoms. The maximum Gasteiger partial charge on any atom is 0.0208 e. The average Bonchev–Trinajstić information content (AvgIpc) is 2.45. The first-order valence-electron chi connectivity index (χ1n) is 7.48. The van der Waals surface area contributed by atoms with Gasteiger partial charge in [0.05, 0.1) is 0 Å². The zero-order valence-electron chi connectivity index (χ0n) is 12.9. The van der Waals surface area contributed by atoms with Crippen molar-refractivity contribution < 1.29 is 0 Å². The minimum atomic E-state index is 0.974. The fraction of sp³-hybridized carbons (Fsp3) is 0.368. The van der Waals surface area contributed by atoms with Crippen LogP contribution in [0.1, 0.15) is 34.2 Å². The van der Waals surface area contributed by atoms with E-state index in [2.05, 4.69) is 68.6 Å². The standard InChI is InChI=1S/C19H25N/c1-15-12-17(3)19(13-16(15)2)14-20-11-7-10-18-8-5-4-6-9-18/h4-6,8-9,12-13,20H,7,10-11,14H2,1-3H3. The van der Waals surface area contributed by atoms with Crippen molar-refractivity contribution in [3.05, 3.63) is 70.3 Å². The average molecular weight is 267 g/mol. The minimum absolute atomic E-state index is 0.974. The second kappa shape index (κ2) is 7.25. The quantitative estimate of drug-likeness (QED) is 0.768. The van der Waals surface area contributed by atoms with E-state index in [9.17, 15) is 0 Å². The molecular weight excluding hydrogens is 242 g/mol. The van der Waals surface area contributed by atoms with E-state index in [1.807, 2.05) is 0 Å². The third-order valence-electron chi connectivity index (χ3n) is 3.93. The molecule has 0 bridgehead atoms. The normalized spacial score (nSPS) is 10.8. The first-order valence-corrected chi connectivity index (χ1v) is 7.48. The lowest BCUT2D eigenvalue weighted by molar-refractivity contribution is 0.647. The van der Waals surface area contributed by atoms with Crippen LogP contribution in [0.4, 0.5) is 0 Å². The fourth-order valence-electron chi connectivity index (χ4n) is 2.50. The summed E-state index contributed by atoms with van der Waals surface area (Å²) >= 11 is 0. The molecule has 2 aromatic rings. The van der Waals surface area contributed by atoms with Crippen molar-refractivity contribution in [2.24, 2.45) is 0 Å². The molecule has 0 aliphatic carbocycles. The molecule has 1 nitrogen and oxygen atoms in total. The van der Waals surface area contributed by atoms with Crippen molar-refractivity contribution in [2.45, 2.75) is 40.2 Å². The highest BCUT2D eigenvalue weighted by Crippen LogP contribution is 2.15. The summed E-state index contributed by atoms with van der Waals surface area (Å²) < 4.78 is 0. The Balaban J connectivity index is 1.75. The van der Waals surface area contributed by atoms with Crippen LogP contribution in [0.15, 0.2) is 42.5 Å². The van der Waals surface area contributed by atoms with Crippen molar-refractivity contribution in [1.29, 1.82) is 0 Å². The molecule has 0 fully saturated rings. The van der Waals surface area contributed by atoms with Gasteiger partial charge in [-0.2, -0.15) is 0 Å². The lowest BCUT2D eigenvalue weighted by Gasteiger charge is -2.11. The third kappa shape index (κ3) is 4.21. The Bertz CT molecular complexity index is 543. The summed E-state index contributed by atoms with van der Waals surface area (Å²) in [4.78, 5) is 0. The Morgan fingerprint density at radius 3 is 2.30 bits per heavy atom. The van der Waals surface area contributed by atoms with E-state index < -0.39 is 0 Å². The Labute approximate surface area is 123 Å². The van der Waals surface area contributed by atoms with Crippen LogP contribution < -0.4 is 5.32 Å². The van der Waals surface area contributed by atoms with Gasteiger partial charge in [0, 0.05) is 6.54 Å². The lowest BCUT2D eigenvalue weighted by Crippen LogP contribution is -2.16. The fourth-order valence-corrected chi connectivity index (χ4v) is 2.50. The molecule has 20 heavy (non-hydrogen) atoms. The SMILES string of the molecule is Cc1cc(C)c(CNCCCc2ccccc2)cc1C. The predicted molar refractivity (Wildman–Crippen MR) is 87.1 cm³/mol. The smallest absolute Gasteiger partial charge is 0.0208 e. The summed E-state index contributed by atoms with van der Waals surface area (Å²) in [5.41, 5.74) is 7.01. The van der Waals surface area contributed by atoms with E-state index in [1.165, 1.54) is 34.2 Å². The second-order valence-corrected chi connectivity index (χ2v) is 5.63. The molecule has 0 heterocycles. The van der Waals surface area contributed by atoms with Gasteiger partial charge >= 0.3 is 0 Å². The van der Waals surface area contributed by atoms with Gasteiger partial charge in [-0.3, -0.25) is 0 Å². The van der Waals surface area contributed by atoms with Crippen LogP contribution in [0.25, 0.3) is 0 Å². The van der Waals surface area contributed by atoms with Gasteiger partial charge in [0.1, 0.15) is 0 Å². The van der Waals surface area contributed by atoms with Crippen molar-refractivity contribution >= 4 is 0 Å². The van der Waals surface area contributed by atoms with Gasteiger partial charge in [0.2, 0.25) is 0 Å². The maximum absolute atomic E-state index is 3.56. The minimum Gasteiger partial charge on any atom is -0.313 e. The molecule has 0 saturated heterocycles. The molecule has 0 radical (unpaired) electrons. The first kappa shape index (κ1) is 14.8. The van der Waals surface area contributed by atoms with Crippen LogP contribution in [0, 0.1) is 20.8 Å². The van der Waals surface area contributed by atoms with Crippen LogP contribution in [0.3, 0.4) is 0 Å². The third-order valence-corrected chi connectivity index (χ3v) is 3.93. The predicted octanol–water partition coefficient (Wildman–Crippen LogP) is 4.33. The molecule has 2 aromatic carbocycles. The van der Waals surface area contributed by atoms with Gasteiger partial charge in [-0.05, 0) is 68.0 Å². The molecular formula is C19H25N. The number of hydrogen-bond acceptors (Lipinski definition) is 1. The van der Waals surface area contributed by atoms with Crippen LogP contribution in [0.2, 0.25) is 0 Å². The zero-order chi connectivity index (χ0) is 14.4. The Morgan fingerprint density at radius 1 is 0.850 bits per heavy atom. The monoisotopic (exact) mass is 267 g/mol. The van der Waals surface area contributed by atoms with Crippen molar-refractivity contribution in [3.8, 4) is 0 Å². The first-order chi connectivity index (χ1) is 9.66. The maximum atomic E-state index is 3.56. The molecule has 0 atom stereocenters. The van der Waals surface area contributed by atoms with Crippen LogP contribution >= 0.6 is 0 Å². The lowest BCUT2D eigenvalue weighted by atomic mass is 10.0. The molecule has 1 N–H and O–H groups in total. The zero-order valence-corrected chi connectivity index (χ0v) is 12.9. The van der Waals surface area contributed by atoms with Gasteiger partial charge in [0.15, 0.2) is 0 Å². The van der Waals surface area contributed by atoms with E-state index in [-0.39, 0.29) is 0 Å². The number of nitrogens with one attached hydrogen (secondary N) is 1. The largest absolute Gasteiger partial charge is 0.313 e. The van der Waals surface area contributed by atoms with Crippen LogP contribution in [-0.4, -0.2) is 6.54 Å². The number of rotatable bonds is 6. The summed E-state index contributed by atoms with van der Waals surface area (Å²) in [5.74, 6) is 0. The van der Waals surface area contributed by atoms with E-state index >= 15 is 0 Å². The van der Waals surface area contributed by atoms with Crippen LogP contribution in [0.5, 0.6) is 0 Å². The molecule has 0 unspecified atom stereocenters. The van der Waals surface area contributed by atoms with E-state index in [4.69, 9.17) is 0 Å². The highest BCUT2D eigenvalue weighted by molar-refractivity contribution is 5.36. The Hall–Kier alpha value is -1.60. The van der Waals surface area contributed by atoms with Gasteiger partial charge in [-0.15, -0.1) is 0 Å². The topological polar surface area (TPSA) is 12.0 Å². The summed E-state index contributed by atoms with van der Waals surface area (Å²) in [6.45, 7) is 8.61. The highest BCUT2D eigenvalue weighted by Gasteiger charge is 2.01. The van der Waals surface area contributed by atoms with E-state index in [0.717, 1.165) is 19.5 Å². The van der Waals surface area contributed by atoms with Gasteiger partial charge in [-0.25, -0.2) is 0 Å². The Kier molecular flexibility index (Phi) is 5.37. The Morgan fingerprint density at radius 2 is 1.55 bits per heavy atom. The molecule has 106 valence electrons. The summed E-state index contributed by atoms with van der Waals surface area (Å²) in [5, 5.41) is 3.56. The van der Waals surface area contributed by atoms with Gasteiger partial charge < -0.3 is 5.32 Å². The summed E-state index contributed by atoms with van der Waals surface area (Å²) in [7, 11) is 0. The van der Waals surface area contributed by atoms with E-state index in [0.29, 0.717) is 0 Å². The molecule has 0 aliphatic rings. The van der Waals surface area contributed by atoms with Crippen molar-refractivity contribution in [3.63, 3.8) is 0 Å². The van der Waals surface area contributed by atoms with Crippen LogP contribution in [-0.2, 0) is 13.0 Å². The van der Waals surface area contributed by atoms with Gasteiger partial charge in [0.25, 0.3) is 0 Å². The molecule has 1 heteroatoms. The number of aryl methyl sites for hydroxylation is 4. The number of hydrogen-bond donors (Lipinski definition) is 1. The highest BCUT2D eigenvalue weighted by atomic mass is 14.8. The summed E-state index contributed by atoms with van der Waals surface area (Å²) in [6, 6.07) is 15.3. The number of benzene rings is 2. The molecule has 0 aromatic heterocycles. The molecule has 2 rings (SSSR count). The van der Waals surface area contributed by atoms with Crippen molar-refractivity contribution in [2.75, 3.05) is 6.54 Å². The van der Waals surface area contributed by atoms with Gasteiger partial charge in [-0.1, -0.05) is 42.5 Å². The van der Waals surface area contributed by atoms with E-state index in [1.54, 1.807) is 0 Å². The summed E-state index contributed by atoms with van der Waals surface area (Å²) in [6.07, 6.45) is 2.34.